The molecule has 2 rings (SSSR count). The van der Waals surface area contributed by atoms with Crippen molar-refractivity contribution in [1.82, 2.24) is 5.32 Å². The SMILES string of the molecule is CCCc1ccc(OCCNCc2ccoc2)cc1. The van der Waals surface area contributed by atoms with E-state index in [4.69, 9.17) is 9.15 Å². The molecule has 19 heavy (non-hydrogen) atoms. The predicted molar refractivity (Wildman–Crippen MR) is 76.3 cm³/mol. The van der Waals surface area contributed by atoms with Gasteiger partial charge in [0, 0.05) is 18.7 Å². The van der Waals surface area contributed by atoms with E-state index in [-0.39, 0.29) is 0 Å². The van der Waals surface area contributed by atoms with Gasteiger partial charge in [-0.25, -0.2) is 0 Å². The van der Waals surface area contributed by atoms with E-state index in [2.05, 4.69) is 24.4 Å². The first-order valence-electron chi connectivity index (χ1n) is 6.82. The summed E-state index contributed by atoms with van der Waals surface area (Å²) in [6.07, 6.45) is 5.75. The summed E-state index contributed by atoms with van der Waals surface area (Å²) in [7, 11) is 0. The molecule has 1 heterocycles. The van der Waals surface area contributed by atoms with Crippen LogP contribution in [-0.2, 0) is 13.0 Å². The second kappa shape index (κ2) is 7.64. The van der Waals surface area contributed by atoms with E-state index in [1.54, 1.807) is 12.5 Å². The van der Waals surface area contributed by atoms with Crippen LogP contribution < -0.4 is 10.1 Å². The third-order valence-corrected chi connectivity index (χ3v) is 2.92. The zero-order valence-corrected chi connectivity index (χ0v) is 11.4. The summed E-state index contributed by atoms with van der Waals surface area (Å²) in [5.74, 6) is 0.935. The quantitative estimate of drug-likeness (QED) is 0.738. The van der Waals surface area contributed by atoms with Gasteiger partial charge in [0.1, 0.15) is 12.4 Å². The molecule has 0 aliphatic heterocycles. The maximum absolute atomic E-state index is 5.67. The fourth-order valence-corrected chi connectivity index (χ4v) is 1.91. The number of nitrogens with one attached hydrogen (secondary N) is 1. The number of rotatable bonds is 8. The maximum atomic E-state index is 5.67. The Morgan fingerprint density at radius 1 is 1.11 bits per heavy atom. The standard InChI is InChI=1S/C16H21NO2/c1-2-3-14-4-6-16(7-5-14)19-11-9-17-12-15-8-10-18-13-15/h4-8,10,13,17H,2-3,9,11-12H2,1H3. The normalized spacial score (nSPS) is 10.6. The Hall–Kier alpha value is -1.74. The van der Waals surface area contributed by atoms with Gasteiger partial charge in [-0.05, 0) is 30.2 Å². The van der Waals surface area contributed by atoms with Crippen LogP contribution in [0.25, 0.3) is 0 Å². The van der Waals surface area contributed by atoms with Crippen molar-refractivity contribution in [2.75, 3.05) is 13.2 Å². The summed E-state index contributed by atoms with van der Waals surface area (Å²) in [5, 5.41) is 3.30. The first-order valence-corrected chi connectivity index (χ1v) is 6.82. The monoisotopic (exact) mass is 259 g/mol. The summed E-state index contributed by atoms with van der Waals surface area (Å²) >= 11 is 0. The molecule has 0 saturated heterocycles. The van der Waals surface area contributed by atoms with Crippen LogP contribution >= 0.6 is 0 Å². The molecule has 0 saturated carbocycles. The number of hydrogen-bond donors (Lipinski definition) is 1. The van der Waals surface area contributed by atoms with E-state index in [9.17, 15) is 0 Å². The van der Waals surface area contributed by atoms with Crippen molar-refractivity contribution in [3.63, 3.8) is 0 Å². The third-order valence-electron chi connectivity index (χ3n) is 2.92. The topological polar surface area (TPSA) is 34.4 Å². The lowest BCUT2D eigenvalue weighted by Crippen LogP contribution is -2.20. The van der Waals surface area contributed by atoms with Crippen molar-refractivity contribution >= 4 is 0 Å². The van der Waals surface area contributed by atoms with Gasteiger partial charge in [0.05, 0.1) is 12.5 Å². The first kappa shape index (κ1) is 13.7. The summed E-state index contributed by atoms with van der Waals surface area (Å²) in [4.78, 5) is 0. The molecule has 0 aliphatic carbocycles. The van der Waals surface area contributed by atoms with Crippen LogP contribution in [0.4, 0.5) is 0 Å². The van der Waals surface area contributed by atoms with Crippen LogP contribution in [0.3, 0.4) is 0 Å². The molecule has 0 aliphatic rings. The van der Waals surface area contributed by atoms with Gasteiger partial charge in [-0.3, -0.25) is 0 Å². The van der Waals surface area contributed by atoms with Gasteiger partial charge >= 0.3 is 0 Å². The molecular weight excluding hydrogens is 238 g/mol. The number of furan rings is 1. The highest BCUT2D eigenvalue weighted by Crippen LogP contribution is 2.13. The van der Waals surface area contributed by atoms with Crippen molar-refractivity contribution in [1.29, 1.82) is 0 Å². The molecule has 102 valence electrons. The Kier molecular flexibility index (Phi) is 5.50. The van der Waals surface area contributed by atoms with Crippen molar-refractivity contribution < 1.29 is 9.15 Å². The summed E-state index contributed by atoms with van der Waals surface area (Å²) in [6, 6.07) is 10.3. The minimum absolute atomic E-state index is 0.672. The van der Waals surface area contributed by atoms with Gasteiger partial charge in [0.25, 0.3) is 0 Å². The molecule has 0 spiro atoms. The van der Waals surface area contributed by atoms with Gasteiger partial charge in [-0.2, -0.15) is 0 Å². The summed E-state index contributed by atoms with van der Waals surface area (Å²) in [5.41, 5.74) is 2.52. The second-order valence-electron chi connectivity index (χ2n) is 4.55. The Bertz CT molecular complexity index is 448. The third kappa shape index (κ3) is 4.79. The summed E-state index contributed by atoms with van der Waals surface area (Å²) < 4.78 is 10.7. The van der Waals surface area contributed by atoms with E-state index >= 15 is 0 Å². The molecule has 0 fully saturated rings. The molecule has 0 atom stereocenters. The number of hydrogen-bond acceptors (Lipinski definition) is 3. The van der Waals surface area contributed by atoms with E-state index in [0.29, 0.717) is 6.61 Å². The Labute approximate surface area is 114 Å². The van der Waals surface area contributed by atoms with Gasteiger partial charge in [0.15, 0.2) is 0 Å². The molecule has 0 radical (unpaired) electrons. The number of ether oxygens (including phenoxy) is 1. The Morgan fingerprint density at radius 2 is 1.95 bits per heavy atom. The zero-order chi connectivity index (χ0) is 13.3. The fraction of sp³-hybridized carbons (Fsp3) is 0.375. The van der Waals surface area contributed by atoms with Gasteiger partial charge in [-0.15, -0.1) is 0 Å². The van der Waals surface area contributed by atoms with Crippen molar-refractivity contribution in [2.24, 2.45) is 0 Å². The number of aryl methyl sites for hydroxylation is 1. The van der Waals surface area contributed by atoms with Crippen LogP contribution in [0.15, 0.2) is 47.3 Å². The molecule has 0 unspecified atom stereocenters. The van der Waals surface area contributed by atoms with Crippen LogP contribution in [0, 0.1) is 0 Å². The van der Waals surface area contributed by atoms with Crippen molar-refractivity contribution in [3.05, 3.63) is 54.0 Å². The molecule has 3 heteroatoms. The average Bonchev–Trinajstić information content (AvgIpc) is 2.94. The maximum Gasteiger partial charge on any atom is 0.119 e. The smallest absolute Gasteiger partial charge is 0.119 e. The predicted octanol–water partition coefficient (Wildman–Crippen LogP) is 3.40. The van der Waals surface area contributed by atoms with E-state index in [1.807, 2.05) is 18.2 Å². The lowest BCUT2D eigenvalue weighted by atomic mass is 10.1. The molecule has 1 aromatic carbocycles. The van der Waals surface area contributed by atoms with Crippen LogP contribution in [0.5, 0.6) is 5.75 Å². The highest BCUT2D eigenvalue weighted by Gasteiger charge is 1.96. The van der Waals surface area contributed by atoms with Gasteiger partial charge < -0.3 is 14.5 Å². The van der Waals surface area contributed by atoms with E-state index in [0.717, 1.165) is 30.8 Å². The van der Waals surface area contributed by atoms with Crippen LogP contribution in [-0.4, -0.2) is 13.2 Å². The second-order valence-corrected chi connectivity index (χ2v) is 4.55. The minimum Gasteiger partial charge on any atom is -0.492 e. The molecule has 0 amide bonds. The largest absolute Gasteiger partial charge is 0.492 e. The summed E-state index contributed by atoms with van der Waals surface area (Å²) in [6.45, 7) is 4.50. The van der Waals surface area contributed by atoms with Crippen molar-refractivity contribution in [3.8, 4) is 5.75 Å². The molecular formula is C16H21NO2. The molecule has 1 N–H and O–H groups in total. The van der Waals surface area contributed by atoms with Gasteiger partial charge in [0.2, 0.25) is 0 Å². The zero-order valence-electron chi connectivity index (χ0n) is 11.4. The lowest BCUT2D eigenvalue weighted by molar-refractivity contribution is 0.313. The average molecular weight is 259 g/mol. The highest BCUT2D eigenvalue weighted by atomic mass is 16.5. The number of benzene rings is 1. The lowest BCUT2D eigenvalue weighted by Gasteiger charge is -2.07. The molecule has 1 aromatic heterocycles. The molecule has 0 bridgehead atoms. The Morgan fingerprint density at radius 3 is 2.63 bits per heavy atom. The van der Waals surface area contributed by atoms with E-state index in [1.165, 1.54) is 12.0 Å². The van der Waals surface area contributed by atoms with Crippen LogP contribution in [0.1, 0.15) is 24.5 Å². The fourth-order valence-electron chi connectivity index (χ4n) is 1.91. The minimum atomic E-state index is 0.672. The van der Waals surface area contributed by atoms with Crippen molar-refractivity contribution in [2.45, 2.75) is 26.3 Å². The molecule has 2 aromatic rings. The Balaban J connectivity index is 1.62. The van der Waals surface area contributed by atoms with E-state index < -0.39 is 0 Å². The first-order chi connectivity index (χ1) is 9.38. The highest BCUT2D eigenvalue weighted by molar-refractivity contribution is 5.27. The molecule has 3 nitrogen and oxygen atoms in total. The van der Waals surface area contributed by atoms with Gasteiger partial charge in [-0.1, -0.05) is 25.5 Å². The van der Waals surface area contributed by atoms with Crippen LogP contribution in [0.2, 0.25) is 0 Å².